The van der Waals surface area contributed by atoms with Gasteiger partial charge in [-0.05, 0) is 0 Å². The van der Waals surface area contributed by atoms with E-state index in [0.717, 1.165) is 4.46 Å². The van der Waals surface area contributed by atoms with Crippen molar-refractivity contribution in [1.29, 1.82) is 0 Å². The molecule has 2 aromatic rings. The maximum absolute atomic E-state index is 13.1. The van der Waals surface area contributed by atoms with E-state index in [-0.39, 0.29) is 26.3 Å². The van der Waals surface area contributed by atoms with Gasteiger partial charge in [-0.25, -0.2) is 0 Å². The first-order valence-electron chi connectivity index (χ1n) is 7.60. The summed E-state index contributed by atoms with van der Waals surface area (Å²) < 4.78 is 36.3. The molecule has 25 heavy (non-hydrogen) atoms. The van der Waals surface area contributed by atoms with E-state index in [0.29, 0.717) is 0 Å². The van der Waals surface area contributed by atoms with Crippen LogP contribution >= 0.6 is 0 Å². The molecule has 0 bridgehead atoms. The number of hydrogen-bond acceptors (Lipinski definition) is 5. The summed E-state index contributed by atoms with van der Waals surface area (Å²) in [5.41, 5.74) is 0. The maximum atomic E-state index is 13.1. The first-order chi connectivity index (χ1) is 12.0. The van der Waals surface area contributed by atoms with Gasteiger partial charge in [-0.3, -0.25) is 0 Å². The van der Waals surface area contributed by atoms with Crippen LogP contribution in [0.1, 0.15) is 6.42 Å². The van der Waals surface area contributed by atoms with Gasteiger partial charge in [-0.15, -0.1) is 0 Å². The Labute approximate surface area is 154 Å². The van der Waals surface area contributed by atoms with Crippen LogP contribution < -0.4 is 4.46 Å². The zero-order valence-electron chi connectivity index (χ0n) is 14.0. The van der Waals surface area contributed by atoms with E-state index in [1.807, 2.05) is 30.3 Å². The zero-order chi connectivity index (χ0) is 18.3. The Morgan fingerprint density at radius 2 is 1.56 bits per heavy atom. The average molecular weight is 427 g/mol. The van der Waals surface area contributed by atoms with Crippen LogP contribution in [0.15, 0.2) is 65.6 Å². The molecule has 2 atom stereocenters. The van der Waals surface area contributed by atoms with Crippen molar-refractivity contribution < 1.29 is 22.7 Å². The average Bonchev–Trinajstić information content (AvgIpc) is 2.65. The van der Waals surface area contributed by atoms with Crippen molar-refractivity contribution in [3.8, 4) is 0 Å². The molecule has 7 heteroatoms. The fraction of sp³-hybridized carbons (Fsp3) is 0.278. The molecule has 0 heterocycles. The molecule has 0 radical (unpaired) electrons. The number of ether oxygens (including phenoxy) is 2. The molecule has 2 rings (SSSR count). The second kappa shape index (κ2) is 9.15. The number of esters is 1. The van der Waals surface area contributed by atoms with Gasteiger partial charge in [0.1, 0.15) is 0 Å². The molecule has 0 amide bonds. The summed E-state index contributed by atoms with van der Waals surface area (Å²) in [5, 5.41) is 0. The van der Waals surface area contributed by atoms with Gasteiger partial charge in [0.05, 0.1) is 0 Å². The van der Waals surface area contributed by atoms with E-state index in [1.54, 1.807) is 30.3 Å². The normalized spacial score (nSPS) is 13.8. The summed E-state index contributed by atoms with van der Waals surface area (Å²) in [6.45, 7) is 0. The van der Waals surface area contributed by atoms with Gasteiger partial charge >= 0.3 is 154 Å². The monoisotopic (exact) mass is 428 g/mol. The predicted octanol–water partition coefficient (Wildman–Crippen LogP) is 1.39. The molecule has 0 N–H and O–H groups in total. The number of methoxy groups -OCH3 is 2. The second-order valence-electron chi connectivity index (χ2n) is 5.20. The van der Waals surface area contributed by atoms with Crippen LogP contribution in [0.2, 0.25) is 0 Å². The molecular formula is C18H20O5SSe. The first kappa shape index (κ1) is 19.7. The SMILES string of the molecule is COC(=O)C(CC([Se]c1ccccc1)S(=O)(=O)c1ccccc1)OC. The summed E-state index contributed by atoms with van der Waals surface area (Å²) in [6.07, 6.45) is -0.867. The molecule has 5 nitrogen and oxygen atoms in total. The summed E-state index contributed by atoms with van der Waals surface area (Å²) in [4.78, 5) is 12.1. The molecule has 0 aliphatic carbocycles. The van der Waals surface area contributed by atoms with Gasteiger partial charge in [0.25, 0.3) is 0 Å². The Morgan fingerprint density at radius 3 is 2.08 bits per heavy atom. The predicted molar refractivity (Wildman–Crippen MR) is 96.7 cm³/mol. The Bertz CT molecular complexity index is 778. The van der Waals surface area contributed by atoms with E-state index >= 15 is 0 Å². The number of sulfone groups is 1. The van der Waals surface area contributed by atoms with Crippen LogP contribution in [0.25, 0.3) is 0 Å². The molecule has 134 valence electrons. The fourth-order valence-corrected chi connectivity index (χ4v) is 7.58. The van der Waals surface area contributed by atoms with Crippen LogP contribution in [0.3, 0.4) is 0 Å². The van der Waals surface area contributed by atoms with E-state index < -0.39 is 26.1 Å². The van der Waals surface area contributed by atoms with E-state index in [2.05, 4.69) is 0 Å². The van der Waals surface area contributed by atoms with Crippen molar-refractivity contribution in [2.24, 2.45) is 0 Å². The minimum absolute atomic E-state index is 0.0509. The fourth-order valence-electron chi connectivity index (χ4n) is 2.25. The number of rotatable bonds is 8. The van der Waals surface area contributed by atoms with Crippen LogP contribution in [0.4, 0.5) is 0 Å². The van der Waals surface area contributed by atoms with Crippen molar-refractivity contribution >= 4 is 35.2 Å². The summed E-state index contributed by atoms with van der Waals surface area (Å²) in [7, 11) is -0.967. The van der Waals surface area contributed by atoms with Gasteiger partial charge in [0.2, 0.25) is 0 Å². The molecule has 0 fully saturated rings. The number of carbonyl (C=O) groups excluding carboxylic acids is 1. The van der Waals surface area contributed by atoms with Gasteiger partial charge in [0, 0.05) is 0 Å². The van der Waals surface area contributed by atoms with E-state index in [4.69, 9.17) is 9.47 Å². The second-order valence-corrected chi connectivity index (χ2v) is 10.7. The summed E-state index contributed by atoms with van der Waals surface area (Å²) >= 11 is -0.388. The molecule has 2 unspecified atom stereocenters. The van der Waals surface area contributed by atoms with Crippen molar-refractivity contribution in [2.75, 3.05) is 14.2 Å². The van der Waals surface area contributed by atoms with Crippen molar-refractivity contribution in [2.45, 2.75) is 21.6 Å². The first-order valence-corrected chi connectivity index (χ1v) is 11.0. The van der Waals surface area contributed by atoms with Crippen LogP contribution in [-0.4, -0.2) is 53.8 Å². The molecule has 0 saturated carbocycles. The Hall–Kier alpha value is -1.66. The third-order valence-electron chi connectivity index (χ3n) is 3.58. The third kappa shape index (κ3) is 5.16. The van der Waals surface area contributed by atoms with E-state index in [9.17, 15) is 13.2 Å². The Balaban J connectivity index is 2.36. The van der Waals surface area contributed by atoms with Crippen molar-refractivity contribution in [1.82, 2.24) is 0 Å². The van der Waals surface area contributed by atoms with Crippen LogP contribution in [0, 0.1) is 0 Å². The van der Waals surface area contributed by atoms with Crippen LogP contribution in [-0.2, 0) is 24.1 Å². The third-order valence-corrected chi connectivity index (χ3v) is 9.59. The molecule has 2 aromatic carbocycles. The standard InChI is InChI=1S/C18H20O5SSe/c1-22-16(18(19)23-2)13-17(25-15-11-7-4-8-12-15)24(20,21)14-9-5-3-6-10-14/h3-12,16-17H,13H2,1-2H3. The van der Waals surface area contributed by atoms with Gasteiger partial charge < -0.3 is 0 Å². The molecule has 0 saturated heterocycles. The molecule has 0 aliphatic rings. The quantitative estimate of drug-likeness (QED) is 0.471. The van der Waals surface area contributed by atoms with Crippen LogP contribution in [0.5, 0.6) is 0 Å². The molecule has 0 spiro atoms. The van der Waals surface area contributed by atoms with E-state index in [1.165, 1.54) is 14.2 Å². The summed E-state index contributed by atoms with van der Waals surface area (Å²) in [6, 6.07) is 17.7. The molecular weight excluding hydrogens is 407 g/mol. The topological polar surface area (TPSA) is 69.7 Å². The van der Waals surface area contributed by atoms with Gasteiger partial charge in [-0.2, -0.15) is 0 Å². The zero-order valence-corrected chi connectivity index (χ0v) is 16.5. The molecule has 0 aliphatic heterocycles. The van der Waals surface area contributed by atoms with Gasteiger partial charge in [0.15, 0.2) is 0 Å². The molecule has 0 aromatic heterocycles. The number of carbonyl (C=O) groups is 1. The van der Waals surface area contributed by atoms with Gasteiger partial charge in [-0.1, -0.05) is 0 Å². The Kier molecular flexibility index (Phi) is 7.20. The number of benzene rings is 2. The number of hydrogen-bond donors (Lipinski definition) is 0. The summed E-state index contributed by atoms with van der Waals surface area (Å²) in [5.74, 6) is -0.570. The Morgan fingerprint density at radius 1 is 1.00 bits per heavy atom. The van der Waals surface area contributed by atoms with Crippen molar-refractivity contribution in [3.05, 3.63) is 60.7 Å². The van der Waals surface area contributed by atoms with Crippen molar-refractivity contribution in [3.63, 3.8) is 0 Å². The minimum atomic E-state index is -3.61.